The minimum Gasteiger partial charge on any atom is -0.493 e. The van der Waals surface area contributed by atoms with Gasteiger partial charge in [0.05, 0.1) is 39.1 Å². The van der Waals surface area contributed by atoms with Crippen molar-refractivity contribution in [2.75, 3.05) is 41.7 Å². The van der Waals surface area contributed by atoms with E-state index < -0.39 is 17.9 Å². The highest BCUT2D eigenvalue weighted by Crippen LogP contribution is 2.46. The summed E-state index contributed by atoms with van der Waals surface area (Å²) in [5.41, 5.74) is 4.29. The fraction of sp³-hybridized carbons (Fsp3) is 0.367. The smallest absolute Gasteiger partial charge is 0.337 e. The molecule has 206 valence electrons. The van der Waals surface area contributed by atoms with E-state index >= 15 is 0 Å². The predicted octanol–water partition coefficient (Wildman–Crippen LogP) is 4.04. The number of hydrogen-bond donors (Lipinski definition) is 1. The Morgan fingerprint density at radius 3 is 2.21 bits per heavy atom. The second kappa shape index (κ2) is 12.2. The van der Waals surface area contributed by atoms with Crippen LogP contribution in [0.4, 0.5) is 0 Å². The number of allylic oxidation sites excluding steroid dienone is 3. The fourth-order valence-corrected chi connectivity index (χ4v) is 5.21. The SMILES string of the molecule is COCCOC(=O)C1=C(C)NC2=C(C(=O)C[C@H](c3ccc(OC)c(OC)c3)C2)[C@@H]1c1ccc(C(=O)OC)cc1. The van der Waals surface area contributed by atoms with E-state index in [-0.39, 0.29) is 31.3 Å². The number of hydrogen-bond acceptors (Lipinski definition) is 9. The molecule has 0 saturated carbocycles. The average Bonchev–Trinajstić information content (AvgIpc) is 2.95. The maximum atomic E-state index is 13.8. The minimum atomic E-state index is -0.651. The van der Waals surface area contributed by atoms with Gasteiger partial charge in [0, 0.05) is 36.4 Å². The third-order valence-corrected chi connectivity index (χ3v) is 7.11. The Morgan fingerprint density at radius 1 is 0.872 bits per heavy atom. The van der Waals surface area contributed by atoms with E-state index in [0.29, 0.717) is 45.9 Å². The van der Waals surface area contributed by atoms with Crippen LogP contribution in [0.5, 0.6) is 11.5 Å². The molecule has 0 unspecified atom stereocenters. The molecule has 2 aliphatic rings. The molecule has 2 aromatic carbocycles. The van der Waals surface area contributed by atoms with Crippen LogP contribution in [0.2, 0.25) is 0 Å². The molecular weight excluding hydrogens is 502 g/mol. The Kier molecular flexibility index (Phi) is 8.71. The molecule has 1 aliphatic carbocycles. The zero-order valence-corrected chi connectivity index (χ0v) is 22.8. The first-order chi connectivity index (χ1) is 18.8. The molecule has 1 heterocycles. The highest BCUT2D eigenvalue weighted by atomic mass is 16.6. The first-order valence-electron chi connectivity index (χ1n) is 12.6. The zero-order valence-electron chi connectivity index (χ0n) is 22.8. The lowest BCUT2D eigenvalue weighted by molar-refractivity contribution is -0.140. The van der Waals surface area contributed by atoms with E-state index in [9.17, 15) is 14.4 Å². The van der Waals surface area contributed by atoms with E-state index in [0.717, 1.165) is 11.3 Å². The van der Waals surface area contributed by atoms with Crippen LogP contribution in [0.3, 0.4) is 0 Å². The summed E-state index contributed by atoms with van der Waals surface area (Å²) in [6.45, 7) is 2.14. The van der Waals surface area contributed by atoms with Crippen LogP contribution in [0.15, 0.2) is 65.0 Å². The van der Waals surface area contributed by atoms with Crippen molar-refractivity contribution in [1.82, 2.24) is 5.32 Å². The van der Waals surface area contributed by atoms with E-state index in [4.69, 9.17) is 23.7 Å². The van der Waals surface area contributed by atoms with Gasteiger partial charge >= 0.3 is 11.9 Å². The maximum Gasteiger partial charge on any atom is 0.337 e. The predicted molar refractivity (Wildman–Crippen MR) is 143 cm³/mol. The highest BCUT2D eigenvalue weighted by Gasteiger charge is 2.41. The number of benzene rings is 2. The van der Waals surface area contributed by atoms with Crippen molar-refractivity contribution in [2.45, 2.75) is 31.6 Å². The first-order valence-corrected chi connectivity index (χ1v) is 12.6. The standard InChI is InChI=1S/C30H33NO8/c1-17-26(30(34)39-13-12-35-2)27(18-6-8-19(9-7-18)29(33)38-5)28-22(31-17)14-21(15-23(28)32)20-10-11-24(36-3)25(16-20)37-4/h6-11,16,21,27,31H,12-15H2,1-5H3/t21-,27-/m1/s1. The van der Waals surface area contributed by atoms with Crippen molar-refractivity contribution in [1.29, 1.82) is 0 Å². The lowest BCUT2D eigenvalue weighted by atomic mass is 9.71. The number of carbonyl (C=O) groups excluding carboxylic acids is 3. The van der Waals surface area contributed by atoms with Crippen LogP contribution in [0.25, 0.3) is 0 Å². The molecule has 0 radical (unpaired) electrons. The summed E-state index contributed by atoms with van der Waals surface area (Å²) in [7, 11) is 6.00. The van der Waals surface area contributed by atoms with Gasteiger partial charge in [0.25, 0.3) is 0 Å². The van der Waals surface area contributed by atoms with Crippen molar-refractivity contribution in [3.63, 3.8) is 0 Å². The molecule has 39 heavy (non-hydrogen) atoms. The fourth-order valence-electron chi connectivity index (χ4n) is 5.21. The van der Waals surface area contributed by atoms with Crippen LogP contribution < -0.4 is 14.8 Å². The van der Waals surface area contributed by atoms with Gasteiger partial charge in [-0.15, -0.1) is 0 Å². The second-order valence-corrected chi connectivity index (χ2v) is 9.37. The van der Waals surface area contributed by atoms with E-state index in [1.165, 1.54) is 14.2 Å². The number of Topliss-reactive ketones (excluding diaryl/α,β-unsaturated/α-hetero) is 1. The largest absolute Gasteiger partial charge is 0.493 e. The molecule has 4 rings (SSSR count). The molecule has 0 aromatic heterocycles. The van der Waals surface area contributed by atoms with Crippen LogP contribution in [0, 0.1) is 0 Å². The summed E-state index contributed by atoms with van der Waals surface area (Å²) in [5.74, 6) is -0.592. The number of ketones is 1. The topological polar surface area (TPSA) is 109 Å². The summed E-state index contributed by atoms with van der Waals surface area (Å²) in [6.07, 6.45) is 0.828. The third-order valence-electron chi connectivity index (χ3n) is 7.11. The quantitative estimate of drug-likeness (QED) is 0.376. The van der Waals surface area contributed by atoms with Gasteiger partial charge in [0.15, 0.2) is 17.3 Å². The molecule has 0 spiro atoms. The van der Waals surface area contributed by atoms with Gasteiger partial charge in [-0.2, -0.15) is 0 Å². The normalized spacial score (nSPS) is 18.7. The third kappa shape index (κ3) is 5.68. The molecule has 0 amide bonds. The van der Waals surface area contributed by atoms with Crippen molar-refractivity contribution in [2.24, 2.45) is 0 Å². The van der Waals surface area contributed by atoms with E-state index in [1.54, 1.807) is 45.4 Å². The van der Waals surface area contributed by atoms with Crippen LogP contribution in [-0.4, -0.2) is 59.4 Å². The van der Waals surface area contributed by atoms with Gasteiger partial charge in [0.2, 0.25) is 0 Å². The summed E-state index contributed by atoms with van der Waals surface area (Å²) in [6, 6.07) is 12.4. The van der Waals surface area contributed by atoms with Crippen molar-refractivity contribution in [3.8, 4) is 11.5 Å². The molecule has 2 aromatic rings. The Balaban J connectivity index is 1.74. The molecule has 0 bridgehead atoms. The molecular formula is C30H33NO8. The number of ether oxygens (including phenoxy) is 5. The van der Waals surface area contributed by atoms with Crippen molar-refractivity contribution < 1.29 is 38.1 Å². The maximum absolute atomic E-state index is 13.8. The lowest BCUT2D eigenvalue weighted by Gasteiger charge is -2.36. The molecule has 2 atom stereocenters. The number of carbonyl (C=O) groups is 3. The minimum absolute atomic E-state index is 0.0692. The number of dihydropyridines is 1. The van der Waals surface area contributed by atoms with Gasteiger partial charge in [-0.3, -0.25) is 4.79 Å². The number of methoxy groups -OCH3 is 4. The van der Waals surface area contributed by atoms with Crippen LogP contribution in [-0.2, 0) is 23.8 Å². The summed E-state index contributed by atoms with van der Waals surface area (Å²) >= 11 is 0. The summed E-state index contributed by atoms with van der Waals surface area (Å²) in [4.78, 5) is 39.1. The van der Waals surface area contributed by atoms with Crippen LogP contribution in [0.1, 0.15) is 53.1 Å². The molecule has 9 nitrogen and oxygen atoms in total. The second-order valence-electron chi connectivity index (χ2n) is 9.37. The number of nitrogens with one attached hydrogen (secondary N) is 1. The summed E-state index contributed by atoms with van der Waals surface area (Å²) in [5, 5.41) is 3.34. The van der Waals surface area contributed by atoms with Gasteiger partial charge in [-0.05, 0) is 54.7 Å². The van der Waals surface area contributed by atoms with Crippen LogP contribution >= 0.6 is 0 Å². The van der Waals surface area contributed by atoms with Gasteiger partial charge in [-0.1, -0.05) is 18.2 Å². The van der Waals surface area contributed by atoms with E-state index in [1.807, 2.05) is 18.2 Å². The molecule has 0 fully saturated rings. The Labute approximate surface area is 227 Å². The lowest BCUT2D eigenvalue weighted by Crippen LogP contribution is -2.36. The summed E-state index contributed by atoms with van der Waals surface area (Å²) < 4.78 is 26.1. The Morgan fingerprint density at radius 2 is 1.56 bits per heavy atom. The van der Waals surface area contributed by atoms with Gasteiger partial charge in [0.1, 0.15) is 6.61 Å². The molecule has 0 saturated heterocycles. The Bertz CT molecular complexity index is 1320. The molecule has 1 N–H and O–H groups in total. The average molecular weight is 536 g/mol. The number of esters is 2. The van der Waals surface area contributed by atoms with Crippen molar-refractivity contribution >= 4 is 17.7 Å². The van der Waals surface area contributed by atoms with E-state index in [2.05, 4.69) is 5.32 Å². The van der Waals surface area contributed by atoms with Crippen molar-refractivity contribution in [3.05, 3.63) is 81.7 Å². The first kappa shape index (κ1) is 27.9. The van der Waals surface area contributed by atoms with Gasteiger partial charge < -0.3 is 29.0 Å². The molecule has 9 heteroatoms. The Hall–Kier alpha value is -4.11. The van der Waals surface area contributed by atoms with Gasteiger partial charge in [-0.25, -0.2) is 9.59 Å². The monoisotopic (exact) mass is 535 g/mol. The highest BCUT2D eigenvalue weighted by molar-refractivity contribution is 6.04. The zero-order chi connectivity index (χ0) is 28.1. The molecule has 1 aliphatic heterocycles. The number of rotatable bonds is 9.